The predicted octanol–water partition coefficient (Wildman–Crippen LogP) is 4.13. The molecule has 0 radical (unpaired) electrons. The van der Waals surface area contributed by atoms with E-state index in [1.54, 1.807) is 4.68 Å². The molecule has 5 nitrogen and oxygen atoms in total. The van der Waals surface area contributed by atoms with E-state index in [9.17, 15) is 4.79 Å². The Kier molecular flexibility index (Phi) is 5.40. The lowest BCUT2D eigenvalue weighted by Gasteiger charge is -2.09. The Labute approximate surface area is 169 Å². The van der Waals surface area contributed by atoms with Crippen molar-refractivity contribution in [3.8, 4) is 0 Å². The molecule has 0 aliphatic heterocycles. The molecule has 0 spiro atoms. The second kappa shape index (κ2) is 7.95. The quantitative estimate of drug-likeness (QED) is 0.612. The van der Waals surface area contributed by atoms with Crippen LogP contribution in [0.5, 0.6) is 0 Å². The maximum atomic E-state index is 12.9. The summed E-state index contributed by atoms with van der Waals surface area (Å²) in [7, 11) is 1.89. The summed E-state index contributed by atoms with van der Waals surface area (Å²) in [5.41, 5.74) is 5.99. The van der Waals surface area contributed by atoms with Crippen molar-refractivity contribution in [2.45, 2.75) is 38.4 Å². The lowest BCUT2D eigenvalue weighted by Crippen LogP contribution is -2.26. The number of aryl methyl sites for hydroxylation is 3. The molecule has 0 bridgehead atoms. The van der Waals surface area contributed by atoms with E-state index in [0.717, 1.165) is 46.8 Å². The summed E-state index contributed by atoms with van der Waals surface area (Å²) in [6.07, 6.45) is 2.32. The zero-order chi connectivity index (χ0) is 19.7. The van der Waals surface area contributed by atoms with Crippen LogP contribution in [0.25, 0.3) is 11.0 Å². The molecule has 2 heterocycles. The fourth-order valence-corrected chi connectivity index (χ4v) is 4.26. The van der Waals surface area contributed by atoms with Crippen LogP contribution in [-0.4, -0.2) is 33.0 Å². The summed E-state index contributed by atoms with van der Waals surface area (Å²) in [6, 6.07) is 10.6. The van der Waals surface area contributed by atoms with E-state index in [1.807, 2.05) is 31.8 Å². The number of thioether (sulfide) groups is 1. The topological polar surface area (TPSA) is 59.8 Å². The fraction of sp³-hybridized carbons (Fsp3) is 0.409. The molecule has 0 unspecified atom stereocenters. The summed E-state index contributed by atoms with van der Waals surface area (Å²) in [5.74, 6) is 2.32. The van der Waals surface area contributed by atoms with Gasteiger partial charge in [-0.3, -0.25) is 9.48 Å². The maximum absolute atomic E-state index is 12.9. The van der Waals surface area contributed by atoms with Crippen molar-refractivity contribution in [1.82, 2.24) is 20.1 Å². The first-order valence-electron chi connectivity index (χ1n) is 9.78. The van der Waals surface area contributed by atoms with Crippen LogP contribution in [0.2, 0.25) is 0 Å². The van der Waals surface area contributed by atoms with Crippen LogP contribution in [-0.2, 0) is 12.8 Å². The number of nitrogens with one attached hydrogen (secondary N) is 1. The highest BCUT2D eigenvalue weighted by Gasteiger charge is 2.28. The van der Waals surface area contributed by atoms with E-state index < -0.39 is 0 Å². The molecular weight excluding hydrogens is 368 g/mol. The Morgan fingerprint density at radius 2 is 2.00 bits per heavy atom. The molecule has 0 atom stereocenters. The molecule has 1 aliphatic carbocycles. The van der Waals surface area contributed by atoms with Crippen LogP contribution >= 0.6 is 11.8 Å². The minimum atomic E-state index is -0.0265. The minimum absolute atomic E-state index is 0.0265. The van der Waals surface area contributed by atoms with E-state index in [-0.39, 0.29) is 5.91 Å². The van der Waals surface area contributed by atoms with Gasteiger partial charge < -0.3 is 5.32 Å². The van der Waals surface area contributed by atoms with Gasteiger partial charge in [-0.1, -0.05) is 29.8 Å². The number of amides is 1. The monoisotopic (exact) mass is 394 g/mol. The van der Waals surface area contributed by atoms with Gasteiger partial charge in [0.1, 0.15) is 0 Å². The van der Waals surface area contributed by atoms with Gasteiger partial charge in [0, 0.05) is 36.7 Å². The Hall–Kier alpha value is -2.34. The number of hydrogen-bond acceptors (Lipinski definition) is 4. The lowest BCUT2D eigenvalue weighted by molar-refractivity contribution is 0.0957. The van der Waals surface area contributed by atoms with Crippen LogP contribution in [0.3, 0.4) is 0 Å². The average Bonchev–Trinajstić information content (AvgIpc) is 3.49. The van der Waals surface area contributed by atoms with Gasteiger partial charge in [-0.2, -0.15) is 16.9 Å². The minimum Gasteiger partial charge on any atom is -0.351 e. The van der Waals surface area contributed by atoms with E-state index in [1.165, 1.54) is 11.1 Å². The van der Waals surface area contributed by atoms with E-state index in [2.05, 4.69) is 41.6 Å². The van der Waals surface area contributed by atoms with E-state index in [0.29, 0.717) is 18.0 Å². The number of benzene rings is 1. The summed E-state index contributed by atoms with van der Waals surface area (Å²) in [5, 5.41) is 8.43. The molecule has 1 aromatic carbocycles. The Bertz CT molecular complexity index is 1010. The number of hydrogen-bond donors (Lipinski definition) is 1. The number of fused-ring (bicyclic) bond motifs is 1. The lowest BCUT2D eigenvalue weighted by atomic mass is 10.1. The number of pyridine rings is 1. The van der Waals surface area contributed by atoms with Crippen LogP contribution in [0.4, 0.5) is 0 Å². The summed E-state index contributed by atoms with van der Waals surface area (Å²) in [6.45, 7) is 4.69. The van der Waals surface area contributed by atoms with Crippen molar-refractivity contribution in [1.29, 1.82) is 0 Å². The summed E-state index contributed by atoms with van der Waals surface area (Å²) < 4.78 is 1.78. The zero-order valence-electron chi connectivity index (χ0n) is 16.7. The van der Waals surface area contributed by atoms with Gasteiger partial charge >= 0.3 is 0 Å². The van der Waals surface area contributed by atoms with Crippen LogP contribution < -0.4 is 5.32 Å². The number of aromatic nitrogens is 3. The molecule has 146 valence electrons. The molecule has 1 saturated carbocycles. The fourth-order valence-electron chi connectivity index (χ4n) is 3.44. The first-order valence-corrected chi connectivity index (χ1v) is 10.9. The van der Waals surface area contributed by atoms with Crippen molar-refractivity contribution in [3.63, 3.8) is 0 Å². The first kappa shape index (κ1) is 19.0. The zero-order valence-corrected chi connectivity index (χ0v) is 17.5. The smallest absolute Gasteiger partial charge is 0.252 e. The van der Waals surface area contributed by atoms with E-state index >= 15 is 0 Å². The average molecular weight is 395 g/mol. The first-order chi connectivity index (χ1) is 13.5. The Balaban J connectivity index is 1.40. The molecular formula is C22H26N4OS. The van der Waals surface area contributed by atoms with Crippen molar-refractivity contribution < 1.29 is 4.79 Å². The third-order valence-electron chi connectivity index (χ3n) is 5.15. The summed E-state index contributed by atoms with van der Waals surface area (Å²) >= 11 is 1.83. The van der Waals surface area contributed by atoms with Crippen LogP contribution in [0.1, 0.15) is 51.6 Å². The van der Waals surface area contributed by atoms with Gasteiger partial charge in [-0.05, 0) is 38.3 Å². The summed E-state index contributed by atoms with van der Waals surface area (Å²) in [4.78, 5) is 17.7. The van der Waals surface area contributed by atoms with E-state index in [4.69, 9.17) is 4.98 Å². The molecule has 0 saturated heterocycles. The number of nitrogens with zero attached hydrogens (tertiary/aromatic N) is 3. The highest BCUT2D eigenvalue weighted by atomic mass is 32.2. The second-order valence-corrected chi connectivity index (χ2v) is 8.68. The van der Waals surface area contributed by atoms with Crippen molar-refractivity contribution in [2.75, 3.05) is 12.3 Å². The van der Waals surface area contributed by atoms with Gasteiger partial charge in [0.15, 0.2) is 5.65 Å². The van der Waals surface area contributed by atoms with Gasteiger partial charge in [0.25, 0.3) is 5.91 Å². The Morgan fingerprint density at radius 3 is 2.71 bits per heavy atom. The van der Waals surface area contributed by atoms with Gasteiger partial charge in [-0.15, -0.1) is 0 Å². The normalized spacial score (nSPS) is 13.8. The molecule has 1 amide bonds. The Morgan fingerprint density at radius 1 is 1.25 bits per heavy atom. The molecule has 1 aliphatic rings. The third-order valence-corrected chi connectivity index (χ3v) is 6.18. The molecule has 3 aromatic rings. The highest BCUT2D eigenvalue weighted by molar-refractivity contribution is 7.98. The van der Waals surface area contributed by atoms with Crippen LogP contribution in [0, 0.1) is 13.8 Å². The standard InChI is InChI=1S/C22H26N4OS/c1-14-4-6-16(7-5-14)13-28-11-10-23-22(27)18-12-19(17-8-9-17)24-21-20(18)15(2)25-26(21)3/h4-7,12,17H,8-11,13H2,1-3H3,(H,23,27). The number of carbonyl (C=O) groups is 1. The molecule has 28 heavy (non-hydrogen) atoms. The molecule has 4 rings (SSSR count). The number of rotatable bonds is 7. The molecule has 2 aromatic heterocycles. The van der Waals surface area contributed by atoms with Crippen molar-refractivity contribution in [2.24, 2.45) is 7.05 Å². The maximum Gasteiger partial charge on any atom is 0.252 e. The van der Waals surface area contributed by atoms with Gasteiger partial charge in [-0.25, -0.2) is 4.98 Å². The van der Waals surface area contributed by atoms with Gasteiger partial charge in [0.05, 0.1) is 16.6 Å². The molecule has 6 heteroatoms. The van der Waals surface area contributed by atoms with Crippen LogP contribution in [0.15, 0.2) is 30.3 Å². The molecule has 1 N–H and O–H groups in total. The number of carbonyl (C=O) groups excluding carboxylic acids is 1. The van der Waals surface area contributed by atoms with Gasteiger partial charge in [0.2, 0.25) is 0 Å². The van der Waals surface area contributed by atoms with Crippen molar-refractivity contribution in [3.05, 3.63) is 58.4 Å². The predicted molar refractivity (Wildman–Crippen MR) is 115 cm³/mol. The SMILES string of the molecule is Cc1ccc(CSCCNC(=O)c2cc(C3CC3)nc3c2c(C)nn3C)cc1. The molecule has 1 fully saturated rings. The highest BCUT2D eigenvalue weighted by Crippen LogP contribution is 2.40. The second-order valence-electron chi connectivity index (χ2n) is 7.57. The van der Waals surface area contributed by atoms with Crippen molar-refractivity contribution >= 4 is 28.7 Å². The largest absolute Gasteiger partial charge is 0.351 e. The third kappa shape index (κ3) is 4.07.